The van der Waals surface area contributed by atoms with Gasteiger partial charge in [0, 0.05) is 11.4 Å². The molecular formula is C13H20N2OS. The van der Waals surface area contributed by atoms with Gasteiger partial charge in [-0.15, -0.1) is 11.3 Å². The van der Waals surface area contributed by atoms with E-state index in [-0.39, 0.29) is 11.3 Å². The molecule has 0 bridgehead atoms. The van der Waals surface area contributed by atoms with Gasteiger partial charge >= 0.3 is 0 Å². The summed E-state index contributed by atoms with van der Waals surface area (Å²) in [6, 6.07) is 4.10. The van der Waals surface area contributed by atoms with Crippen molar-refractivity contribution in [1.29, 1.82) is 0 Å². The van der Waals surface area contributed by atoms with Gasteiger partial charge < -0.3 is 5.73 Å². The molecule has 3 nitrogen and oxygen atoms in total. The Bertz CT molecular complexity index is 400. The Hall–Kier alpha value is -0.870. The Morgan fingerprint density at radius 1 is 1.53 bits per heavy atom. The normalized spacial score (nSPS) is 27.2. The van der Waals surface area contributed by atoms with Crippen LogP contribution in [-0.4, -0.2) is 11.4 Å². The maximum Gasteiger partial charge on any atom is 0.237 e. The van der Waals surface area contributed by atoms with Crippen LogP contribution in [0.2, 0.25) is 0 Å². The molecule has 4 heteroatoms. The second kappa shape index (κ2) is 4.42. The summed E-state index contributed by atoms with van der Waals surface area (Å²) in [4.78, 5) is 13.0. The number of carbonyl (C=O) groups excluding carboxylic acids is 1. The van der Waals surface area contributed by atoms with Crippen LogP contribution in [0.15, 0.2) is 17.5 Å². The first-order chi connectivity index (χ1) is 7.94. The fraction of sp³-hybridized carbons (Fsp3) is 0.615. The number of carbonyl (C=O) groups is 1. The van der Waals surface area contributed by atoms with E-state index in [0.717, 1.165) is 25.8 Å². The molecule has 17 heavy (non-hydrogen) atoms. The topological polar surface area (TPSA) is 55.1 Å². The van der Waals surface area contributed by atoms with E-state index < -0.39 is 5.54 Å². The lowest BCUT2D eigenvalue weighted by atomic mass is 9.87. The van der Waals surface area contributed by atoms with E-state index in [9.17, 15) is 4.79 Å². The minimum atomic E-state index is -0.506. The summed E-state index contributed by atoms with van der Waals surface area (Å²) in [5.74, 6) is -0.209. The lowest BCUT2D eigenvalue weighted by Crippen LogP contribution is -2.53. The lowest BCUT2D eigenvalue weighted by Gasteiger charge is -2.28. The zero-order valence-corrected chi connectivity index (χ0v) is 11.3. The van der Waals surface area contributed by atoms with Crippen LogP contribution in [0, 0.1) is 5.41 Å². The molecule has 1 saturated carbocycles. The molecule has 3 N–H and O–H groups in total. The zero-order valence-electron chi connectivity index (χ0n) is 10.5. The van der Waals surface area contributed by atoms with Crippen LogP contribution >= 0.6 is 11.3 Å². The third-order valence-corrected chi connectivity index (χ3v) is 4.54. The Kier molecular flexibility index (Phi) is 3.27. The van der Waals surface area contributed by atoms with E-state index in [1.165, 1.54) is 4.88 Å². The zero-order chi connectivity index (χ0) is 12.5. The van der Waals surface area contributed by atoms with Gasteiger partial charge in [-0.1, -0.05) is 19.9 Å². The molecule has 0 saturated heterocycles. The Morgan fingerprint density at radius 2 is 2.29 bits per heavy atom. The lowest BCUT2D eigenvalue weighted by molar-refractivity contribution is -0.124. The number of rotatable bonds is 4. The highest BCUT2D eigenvalue weighted by molar-refractivity contribution is 7.09. The number of primary amides is 1. The number of hydrogen-bond donors (Lipinski definition) is 2. The molecule has 1 aromatic heterocycles. The number of nitrogens with one attached hydrogen (secondary N) is 1. The van der Waals surface area contributed by atoms with Gasteiger partial charge in [-0.3, -0.25) is 10.1 Å². The summed E-state index contributed by atoms with van der Waals surface area (Å²) < 4.78 is 0. The van der Waals surface area contributed by atoms with Crippen LogP contribution in [0.25, 0.3) is 0 Å². The maximum atomic E-state index is 11.7. The van der Waals surface area contributed by atoms with E-state index in [0.29, 0.717) is 0 Å². The van der Waals surface area contributed by atoms with Crippen molar-refractivity contribution >= 4 is 17.2 Å². The number of amides is 1. The largest absolute Gasteiger partial charge is 0.368 e. The second-order valence-electron chi connectivity index (χ2n) is 5.72. The van der Waals surface area contributed by atoms with Crippen LogP contribution in [0.4, 0.5) is 0 Å². The van der Waals surface area contributed by atoms with Crippen molar-refractivity contribution in [3.8, 4) is 0 Å². The SMILES string of the molecule is CC1(C)CCC(NCc2cccs2)(C(N)=O)C1. The molecule has 0 aliphatic heterocycles. The predicted octanol–water partition coefficient (Wildman–Crippen LogP) is 2.27. The van der Waals surface area contributed by atoms with Gasteiger partial charge in [0.05, 0.1) is 5.54 Å². The van der Waals surface area contributed by atoms with Crippen molar-refractivity contribution in [3.63, 3.8) is 0 Å². The van der Waals surface area contributed by atoms with Crippen LogP contribution in [0.1, 0.15) is 38.0 Å². The molecule has 1 fully saturated rings. The average Bonchev–Trinajstić information content (AvgIpc) is 2.83. The Balaban J connectivity index is 2.06. The maximum absolute atomic E-state index is 11.7. The van der Waals surface area contributed by atoms with Crippen LogP contribution < -0.4 is 11.1 Å². The highest BCUT2D eigenvalue weighted by Gasteiger charge is 2.47. The van der Waals surface area contributed by atoms with E-state index in [4.69, 9.17) is 5.73 Å². The molecule has 1 aliphatic rings. The van der Waals surface area contributed by atoms with Crippen molar-refractivity contribution in [3.05, 3.63) is 22.4 Å². The number of thiophene rings is 1. The van der Waals surface area contributed by atoms with Crippen molar-refractivity contribution < 1.29 is 4.79 Å². The number of nitrogens with two attached hydrogens (primary N) is 1. The Morgan fingerprint density at radius 3 is 2.76 bits per heavy atom. The first-order valence-electron chi connectivity index (χ1n) is 6.01. The summed E-state index contributed by atoms with van der Waals surface area (Å²) in [7, 11) is 0. The molecule has 1 aliphatic carbocycles. The Labute approximate surface area is 106 Å². The molecule has 1 amide bonds. The monoisotopic (exact) mass is 252 g/mol. The molecule has 1 unspecified atom stereocenters. The third kappa shape index (κ3) is 2.69. The third-order valence-electron chi connectivity index (χ3n) is 3.66. The first-order valence-corrected chi connectivity index (χ1v) is 6.89. The molecule has 2 rings (SSSR count). The van der Waals surface area contributed by atoms with Gasteiger partial charge in [0.1, 0.15) is 0 Å². The van der Waals surface area contributed by atoms with E-state index in [2.05, 4.69) is 25.2 Å². The fourth-order valence-corrected chi connectivity index (χ4v) is 3.31. The molecule has 0 aromatic carbocycles. The quantitative estimate of drug-likeness (QED) is 0.863. The highest BCUT2D eigenvalue weighted by atomic mass is 32.1. The molecule has 1 heterocycles. The minimum absolute atomic E-state index is 0.206. The summed E-state index contributed by atoms with van der Waals surface area (Å²) in [5, 5.41) is 5.44. The van der Waals surface area contributed by atoms with Crippen molar-refractivity contribution in [1.82, 2.24) is 5.32 Å². The summed E-state index contributed by atoms with van der Waals surface area (Å²) in [6.07, 6.45) is 2.73. The number of hydrogen-bond acceptors (Lipinski definition) is 3. The average molecular weight is 252 g/mol. The molecule has 94 valence electrons. The van der Waals surface area contributed by atoms with E-state index in [1.807, 2.05) is 11.4 Å². The standard InChI is InChI=1S/C13H20N2OS/c1-12(2)5-6-13(9-12,11(14)16)15-8-10-4-3-7-17-10/h3-4,7,15H,5-6,8-9H2,1-2H3,(H2,14,16). The smallest absolute Gasteiger partial charge is 0.237 e. The van der Waals surface area contributed by atoms with Crippen molar-refractivity contribution in [2.75, 3.05) is 0 Å². The molecule has 0 spiro atoms. The first kappa shape index (κ1) is 12.6. The van der Waals surface area contributed by atoms with E-state index >= 15 is 0 Å². The van der Waals surface area contributed by atoms with Gasteiger partial charge in [-0.25, -0.2) is 0 Å². The molecular weight excluding hydrogens is 232 g/mol. The highest BCUT2D eigenvalue weighted by Crippen LogP contribution is 2.43. The minimum Gasteiger partial charge on any atom is -0.368 e. The second-order valence-corrected chi connectivity index (χ2v) is 6.75. The summed E-state index contributed by atoms with van der Waals surface area (Å²) >= 11 is 1.70. The van der Waals surface area contributed by atoms with Gasteiger partial charge in [-0.2, -0.15) is 0 Å². The van der Waals surface area contributed by atoms with Crippen molar-refractivity contribution in [2.24, 2.45) is 11.1 Å². The van der Waals surface area contributed by atoms with Crippen LogP contribution in [-0.2, 0) is 11.3 Å². The van der Waals surface area contributed by atoms with Gasteiger partial charge in [0.2, 0.25) is 5.91 Å². The summed E-state index contributed by atoms with van der Waals surface area (Å²) in [6.45, 7) is 5.13. The van der Waals surface area contributed by atoms with Crippen molar-refractivity contribution in [2.45, 2.75) is 45.2 Å². The fourth-order valence-electron chi connectivity index (χ4n) is 2.66. The van der Waals surface area contributed by atoms with Gasteiger partial charge in [-0.05, 0) is 36.1 Å². The molecule has 1 aromatic rings. The predicted molar refractivity (Wildman–Crippen MR) is 70.7 cm³/mol. The molecule has 0 radical (unpaired) electrons. The van der Waals surface area contributed by atoms with Gasteiger partial charge in [0.25, 0.3) is 0 Å². The van der Waals surface area contributed by atoms with Crippen LogP contribution in [0.3, 0.4) is 0 Å². The van der Waals surface area contributed by atoms with E-state index in [1.54, 1.807) is 11.3 Å². The summed E-state index contributed by atoms with van der Waals surface area (Å²) in [5.41, 5.74) is 5.29. The van der Waals surface area contributed by atoms with Crippen LogP contribution in [0.5, 0.6) is 0 Å². The molecule has 1 atom stereocenters. The van der Waals surface area contributed by atoms with Gasteiger partial charge in [0.15, 0.2) is 0 Å².